The molecule has 7 heterocycles. The van der Waals surface area contributed by atoms with Crippen molar-refractivity contribution in [3.63, 3.8) is 0 Å². The first kappa shape index (κ1) is 44.1. The van der Waals surface area contributed by atoms with Gasteiger partial charge in [-0.3, -0.25) is 0 Å². The zero-order valence-electron chi connectivity index (χ0n) is 43.8. The largest absolute Gasteiger partial charge is 0.455 e. The molecule has 0 amide bonds. The maximum absolute atomic E-state index is 12.5. The van der Waals surface area contributed by atoms with Crippen LogP contribution in [0, 0.1) is 22.7 Å². The molecule has 0 aliphatic rings. The van der Waals surface area contributed by atoms with Gasteiger partial charge in [0.2, 0.25) is 0 Å². The predicted molar refractivity (Wildman–Crippen MR) is 335 cm³/mol. The van der Waals surface area contributed by atoms with E-state index in [2.05, 4.69) is 200 Å². The molecule has 382 valence electrons. The van der Waals surface area contributed by atoms with Gasteiger partial charge in [-0.2, -0.15) is 10.5 Å². The molecule has 19 rings (SSSR count). The summed E-state index contributed by atoms with van der Waals surface area (Å²) < 4.78 is 30.1. The maximum Gasteiger partial charge on any atom is 0.145 e. The molecule has 0 N–H and O–H groups in total. The lowest BCUT2D eigenvalue weighted by molar-refractivity contribution is 0.672. The highest BCUT2D eigenvalue weighted by molar-refractivity contribution is 6.28. The maximum atomic E-state index is 12.5. The molecule has 0 fully saturated rings. The number of fused-ring (bicyclic) bond motifs is 24. The summed E-state index contributed by atoms with van der Waals surface area (Å²) in [4.78, 5) is 0. The normalized spacial score (nSPS) is 12.3. The molecular weight excluding hydrogens is 1020 g/mol. The molecular formula is C74H38N6O3. The van der Waals surface area contributed by atoms with Crippen LogP contribution < -0.4 is 0 Å². The Balaban J connectivity index is 1.13. The molecule has 0 spiro atoms. The summed E-state index contributed by atoms with van der Waals surface area (Å²) >= 11 is 0. The minimum absolute atomic E-state index is 0.201. The van der Waals surface area contributed by atoms with E-state index in [4.69, 9.17) is 13.3 Å². The fourth-order valence-corrected chi connectivity index (χ4v) is 14.4. The van der Waals surface area contributed by atoms with E-state index < -0.39 is 0 Å². The lowest BCUT2D eigenvalue weighted by Crippen LogP contribution is -2.17. The Kier molecular flexibility index (Phi) is 8.48. The van der Waals surface area contributed by atoms with E-state index in [1.54, 1.807) is 0 Å². The van der Waals surface area contributed by atoms with E-state index in [1.807, 2.05) is 60.7 Å². The molecule has 0 bridgehead atoms. The standard InChI is InChI=1S/C74H38N6O3/c75-39-52-53(40-76)69(78-56-27-11-3-22-49(56)65-59(78)36-33-46-43-19-6-14-30-62(43)81-72(46)65)71(80-58-29-13-5-24-51(58)67-61(80)38-35-48-45-21-8-16-32-64(45)83-74(48)67)70(68(52)77-54-25-9-1-17-41(54)42-18-2-10-26-55(42)77)79-57-28-12-4-23-50(57)66-60(79)37-34-47-44-20-7-15-31-63(44)82-73(47)66/h1-38H. The highest BCUT2D eigenvalue weighted by Crippen LogP contribution is 2.52. The summed E-state index contributed by atoms with van der Waals surface area (Å²) in [6, 6.07) is 85.2. The molecule has 0 unspecified atom stereocenters. The molecule has 83 heavy (non-hydrogen) atoms. The van der Waals surface area contributed by atoms with Gasteiger partial charge in [-0.05, 0) is 84.9 Å². The third-order valence-corrected chi connectivity index (χ3v) is 17.6. The molecule has 9 nitrogen and oxygen atoms in total. The van der Waals surface area contributed by atoms with Crippen LogP contribution in [0.4, 0.5) is 0 Å². The molecule has 0 radical (unpaired) electrons. The van der Waals surface area contributed by atoms with E-state index in [1.165, 1.54) is 0 Å². The van der Waals surface area contributed by atoms with Gasteiger partial charge in [0.25, 0.3) is 0 Å². The van der Waals surface area contributed by atoms with Crippen molar-refractivity contribution in [3.8, 4) is 34.9 Å². The molecule has 0 aliphatic carbocycles. The number of hydrogen-bond acceptors (Lipinski definition) is 5. The van der Waals surface area contributed by atoms with Crippen LogP contribution in [0.5, 0.6) is 0 Å². The monoisotopic (exact) mass is 1060 g/mol. The van der Waals surface area contributed by atoms with Gasteiger partial charge in [0.1, 0.15) is 45.6 Å². The Morgan fingerprint density at radius 3 is 0.807 bits per heavy atom. The quantitative estimate of drug-likeness (QED) is 0.174. The smallest absolute Gasteiger partial charge is 0.145 e. The number of para-hydroxylation sites is 8. The lowest BCUT2D eigenvalue weighted by Gasteiger charge is -2.27. The van der Waals surface area contributed by atoms with Crippen LogP contribution in [0.3, 0.4) is 0 Å². The third kappa shape index (κ3) is 5.52. The van der Waals surface area contributed by atoms with E-state index in [9.17, 15) is 10.5 Å². The van der Waals surface area contributed by atoms with Crippen molar-refractivity contribution < 1.29 is 13.3 Å². The van der Waals surface area contributed by atoms with Gasteiger partial charge in [0.15, 0.2) is 0 Å². The summed E-state index contributed by atoms with van der Waals surface area (Å²) in [5.41, 5.74) is 14.3. The average molecular weight is 1060 g/mol. The van der Waals surface area contributed by atoms with Crippen LogP contribution in [0.1, 0.15) is 11.1 Å². The summed E-state index contributed by atoms with van der Waals surface area (Å²) in [6.45, 7) is 0. The Hall–Kier alpha value is -11.8. The van der Waals surface area contributed by atoms with E-state index in [0.717, 1.165) is 153 Å². The van der Waals surface area contributed by atoms with Crippen LogP contribution >= 0.6 is 0 Å². The number of benzene rings is 12. The SMILES string of the molecule is N#Cc1c(C#N)c(-n2c3ccccc3c3c4oc5ccccc5c4ccc32)c(-n2c3ccccc3c3c4oc5ccccc5c4ccc32)c(-n2c3ccccc3c3c4oc5ccccc5c4ccc32)c1-n1c2ccccc2c2ccccc21. The summed E-state index contributed by atoms with van der Waals surface area (Å²) in [5, 5.41) is 38.7. The van der Waals surface area contributed by atoms with Gasteiger partial charge in [0, 0.05) is 59.2 Å². The van der Waals surface area contributed by atoms with Crippen LogP contribution in [0.25, 0.3) is 176 Å². The fraction of sp³-hybridized carbons (Fsp3) is 0. The second-order valence-electron chi connectivity index (χ2n) is 21.6. The first-order valence-corrected chi connectivity index (χ1v) is 27.7. The van der Waals surface area contributed by atoms with Gasteiger partial charge in [-0.1, -0.05) is 146 Å². The van der Waals surface area contributed by atoms with Crippen LogP contribution in [0.2, 0.25) is 0 Å². The number of rotatable bonds is 4. The summed E-state index contributed by atoms with van der Waals surface area (Å²) in [6.07, 6.45) is 0. The minimum Gasteiger partial charge on any atom is -0.455 e. The van der Waals surface area contributed by atoms with Crippen LogP contribution in [0.15, 0.2) is 244 Å². The molecule has 12 aromatic carbocycles. The molecule has 7 aromatic heterocycles. The van der Waals surface area contributed by atoms with E-state index in [0.29, 0.717) is 22.7 Å². The number of aromatic nitrogens is 4. The van der Waals surface area contributed by atoms with Gasteiger partial charge < -0.3 is 31.5 Å². The van der Waals surface area contributed by atoms with Crippen molar-refractivity contribution in [2.45, 2.75) is 0 Å². The van der Waals surface area contributed by atoms with Crippen molar-refractivity contribution in [3.05, 3.63) is 242 Å². The summed E-state index contributed by atoms with van der Waals surface area (Å²) in [5.74, 6) is 0. The third-order valence-electron chi connectivity index (χ3n) is 17.6. The Bertz CT molecular complexity index is 6180. The second-order valence-corrected chi connectivity index (χ2v) is 21.6. The van der Waals surface area contributed by atoms with Crippen molar-refractivity contribution in [1.29, 1.82) is 10.5 Å². The van der Waals surface area contributed by atoms with Crippen molar-refractivity contribution in [2.24, 2.45) is 0 Å². The van der Waals surface area contributed by atoms with Crippen molar-refractivity contribution in [2.75, 3.05) is 0 Å². The zero-order valence-corrected chi connectivity index (χ0v) is 43.8. The number of hydrogen-bond donors (Lipinski definition) is 0. The van der Waals surface area contributed by atoms with E-state index >= 15 is 0 Å². The van der Waals surface area contributed by atoms with Gasteiger partial charge >= 0.3 is 0 Å². The van der Waals surface area contributed by atoms with Gasteiger partial charge in [-0.25, -0.2) is 0 Å². The fourth-order valence-electron chi connectivity index (χ4n) is 14.4. The Morgan fingerprint density at radius 2 is 0.482 bits per heavy atom. The molecule has 0 saturated carbocycles. The molecule has 0 atom stereocenters. The highest BCUT2D eigenvalue weighted by atomic mass is 16.3. The van der Waals surface area contributed by atoms with Gasteiger partial charge in [-0.15, -0.1) is 0 Å². The average Bonchev–Trinajstić information content (AvgIpc) is 2.03. The molecule has 19 aromatic rings. The van der Waals surface area contributed by atoms with Crippen LogP contribution in [-0.2, 0) is 0 Å². The van der Waals surface area contributed by atoms with Crippen LogP contribution in [-0.4, -0.2) is 18.3 Å². The first-order chi connectivity index (χ1) is 41.2. The highest BCUT2D eigenvalue weighted by Gasteiger charge is 2.36. The molecule has 9 heteroatoms. The number of nitrogens with zero attached hydrogens (tertiary/aromatic N) is 6. The number of furan rings is 3. The molecule has 0 aliphatic heterocycles. The minimum atomic E-state index is 0.201. The first-order valence-electron chi connectivity index (χ1n) is 27.7. The number of nitriles is 2. The Labute approximate surface area is 469 Å². The summed E-state index contributed by atoms with van der Waals surface area (Å²) in [7, 11) is 0. The predicted octanol–water partition coefficient (Wildman–Crippen LogP) is 19.5. The zero-order chi connectivity index (χ0) is 54.3. The van der Waals surface area contributed by atoms with Crippen molar-refractivity contribution >= 4 is 153 Å². The second kappa shape index (κ2) is 16.0. The topological polar surface area (TPSA) is 107 Å². The molecule has 0 saturated heterocycles. The van der Waals surface area contributed by atoms with Crippen molar-refractivity contribution in [1.82, 2.24) is 18.3 Å². The van der Waals surface area contributed by atoms with E-state index in [-0.39, 0.29) is 11.1 Å². The Morgan fingerprint density at radius 1 is 0.229 bits per heavy atom. The van der Waals surface area contributed by atoms with Gasteiger partial charge in [0.05, 0.1) is 94.2 Å². The lowest BCUT2D eigenvalue weighted by atomic mass is 9.98.